The zero-order valence-electron chi connectivity index (χ0n) is 18.7. The molecule has 0 radical (unpaired) electrons. The van der Waals surface area contributed by atoms with Gasteiger partial charge in [-0.05, 0) is 70.8 Å². The summed E-state index contributed by atoms with van der Waals surface area (Å²) < 4.78 is 0. The minimum atomic E-state index is 0. The van der Waals surface area contributed by atoms with Crippen LogP contribution < -0.4 is 35.4 Å². The molecule has 0 bridgehead atoms. The zero-order valence-corrected chi connectivity index (χ0v) is 21.2. The Kier molecular flexibility index (Phi) is 14.8. The van der Waals surface area contributed by atoms with Crippen molar-refractivity contribution in [2.45, 2.75) is 41.5 Å². The third kappa shape index (κ3) is 9.17. The second-order valence-electron chi connectivity index (χ2n) is 7.70. The van der Waals surface area contributed by atoms with Gasteiger partial charge in [-0.1, -0.05) is 35.4 Å². The number of rotatable bonds is 8. The van der Waals surface area contributed by atoms with E-state index >= 15 is 0 Å². The molecule has 0 fully saturated rings. The van der Waals surface area contributed by atoms with E-state index in [1.54, 1.807) is 0 Å². The van der Waals surface area contributed by atoms with Gasteiger partial charge in [-0.15, -0.1) is 0 Å². The number of likely N-dealkylation sites (N-methyl/N-ethyl adjacent to an activating group) is 1. The summed E-state index contributed by atoms with van der Waals surface area (Å²) in [7, 11) is 2.19. The van der Waals surface area contributed by atoms with Crippen molar-refractivity contribution in [3.05, 3.63) is 57.6 Å². The van der Waals surface area contributed by atoms with Crippen LogP contribution in [0.1, 0.15) is 33.4 Å². The molecule has 2 aromatic carbocycles. The van der Waals surface area contributed by atoms with Crippen LogP contribution in [0, 0.1) is 41.5 Å². The van der Waals surface area contributed by atoms with Gasteiger partial charge in [0, 0.05) is 37.6 Å². The summed E-state index contributed by atoms with van der Waals surface area (Å²) in [6, 6.07) is 8.98. The minimum absolute atomic E-state index is 0. The minimum Gasteiger partial charge on any atom is -1.00 e. The first kappa shape index (κ1) is 30.3. The van der Waals surface area contributed by atoms with Crippen LogP contribution in [0.25, 0.3) is 0 Å². The van der Waals surface area contributed by atoms with Gasteiger partial charge in [0.1, 0.15) is 0 Å². The molecule has 2 N–H and O–H groups in total. The van der Waals surface area contributed by atoms with E-state index in [0.29, 0.717) is 0 Å². The van der Waals surface area contributed by atoms with Crippen molar-refractivity contribution in [3.8, 4) is 0 Å². The van der Waals surface area contributed by atoms with Gasteiger partial charge in [-0.3, -0.25) is 0 Å². The smallest absolute Gasteiger partial charge is 1.00 e. The zero-order chi connectivity index (χ0) is 19.3. The monoisotopic (exact) mass is 481 g/mol. The van der Waals surface area contributed by atoms with E-state index in [1.807, 2.05) is 0 Å². The Labute approximate surface area is 200 Å². The van der Waals surface area contributed by atoms with Crippen molar-refractivity contribution in [2.75, 3.05) is 43.9 Å². The summed E-state index contributed by atoms with van der Waals surface area (Å²) in [5, 5.41) is 7.22. The summed E-state index contributed by atoms with van der Waals surface area (Å²) in [6.45, 7) is 17.0. The predicted molar refractivity (Wildman–Crippen MR) is 116 cm³/mol. The van der Waals surface area contributed by atoms with Crippen molar-refractivity contribution in [1.29, 1.82) is 0 Å². The van der Waals surface area contributed by atoms with E-state index in [2.05, 4.69) is 88.4 Å². The molecule has 0 amide bonds. The van der Waals surface area contributed by atoms with E-state index < -0.39 is 0 Å². The predicted octanol–water partition coefficient (Wildman–Crippen LogP) is -1.00. The van der Waals surface area contributed by atoms with Gasteiger partial charge in [-0.25, -0.2) is 0 Å². The Hall–Kier alpha value is -0.926. The molecule has 166 valence electrons. The van der Waals surface area contributed by atoms with Crippen molar-refractivity contribution >= 4 is 11.4 Å². The second kappa shape index (κ2) is 14.1. The molecule has 6 heteroatoms. The fourth-order valence-electron chi connectivity index (χ4n) is 3.77. The summed E-state index contributed by atoms with van der Waals surface area (Å²) in [6.07, 6.45) is 0. The Bertz CT molecular complexity index is 656. The van der Waals surface area contributed by atoms with Crippen LogP contribution in [-0.2, 0) is 16.5 Å². The molecule has 0 heterocycles. The summed E-state index contributed by atoms with van der Waals surface area (Å²) in [5.41, 5.74) is 10.6. The molecule has 0 spiro atoms. The first-order chi connectivity index (χ1) is 12.3. The summed E-state index contributed by atoms with van der Waals surface area (Å²) >= 11 is 0. The van der Waals surface area contributed by atoms with Crippen molar-refractivity contribution < 1.29 is 41.3 Å². The first-order valence-corrected chi connectivity index (χ1v) is 9.60. The molecule has 2 aromatic rings. The number of benzene rings is 2. The van der Waals surface area contributed by atoms with E-state index in [1.165, 1.54) is 44.8 Å². The molecule has 3 nitrogen and oxygen atoms in total. The largest absolute Gasteiger partial charge is 2.00 e. The summed E-state index contributed by atoms with van der Waals surface area (Å²) in [5.74, 6) is 0. The average molecular weight is 483 g/mol. The molecule has 0 atom stereocenters. The van der Waals surface area contributed by atoms with Crippen LogP contribution in [0.5, 0.6) is 0 Å². The van der Waals surface area contributed by atoms with Gasteiger partial charge < -0.3 is 40.3 Å². The van der Waals surface area contributed by atoms with Gasteiger partial charge in [0.2, 0.25) is 0 Å². The van der Waals surface area contributed by atoms with Crippen LogP contribution >= 0.6 is 0 Å². The molecular weight excluding hydrogens is 448 g/mol. The van der Waals surface area contributed by atoms with Crippen LogP contribution in [-0.4, -0.2) is 38.1 Å². The Morgan fingerprint density at radius 1 is 0.621 bits per heavy atom. The Morgan fingerprint density at radius 3 is 1.17 bits per heavy atom. The molecule has 0 aromatic heterocycles. The Balaban J connectivity index is 0. The molecule has 0 aliphatic rings. The van der Waals surface area contributed by atoms with Crippen molar-refractivity contribution in [3.63, 3.8) is 0 Å². The number of nitrogens with one attached hydrogen (secondary N) is 2. The molecule has 2 rings (SSSR count). The standard InChI is InChI=1S/C23H35N3.2ClH.Ni/c1-16-12-18(3)22(19(4)13-16)24-8-10-26(7)11-9-25-23-20(5)14-17(2)15-21(23)6;;;/h12-15,24-25H,8-11H2,1-7H3;2*1H;/q;;;+2/p-2. The number of anilines is 2. The number of aryl methyl sites for hydroxylation is 6. The fraction of sp³-hybridized carbons (Fsp3) is 0.478. The molecule has 0 aliphatic carbocycles. The number of hydrogen-bond acceptors (Lipinski definition) is 3. The van der Waals surface area contributed by atoms with Gasteiger partial charge >= 0.3 is 16.5 Å². The van der Waals surface area contributed by atoms with Gasteiger partial charge in [0.15, 0.2) is 0 Å². The van der Waals surface area contributed by atoms with Crippen LogP contribution in [0.4, 0.5) is 11.4 Å². The van der Waals surface area contributed by atoms with Crippen LogP contribution in [0.15, 0.2) is 24.3 Å². The fourth-order valence-corrected chi connectivity index (χ4v) is 3.77. The van der Waals surface area contributed by atoms with Gasteiger partial charge in [-0.2, -0.15) is 0 Å². The van der Waals surface area contributed by atoms with Gasteiger partial charge in [0.25, 0.3) is 0 Å². The maximum atomic E-state index is 3.61. The quantitative estimate of drug-likeness (QED) is 0.473. The van der Waals surface area contributed by atoms with Crippen LogP contribution in [0.2, 0.25) is 0 Å². The average Bonchev–Trinajstić information content (AvgIpc) is 2.52. The normalized spacial score (nSPS) is 9.93. The maximum Gasteiger partial charge on any atom is 2.00 e. The van der Waals surface area contributed by atoms with Crippen molar-refractivity contribution in [2.24, 2.45) is 0 Å². The second-order valence-corrected chi connectivity index (χ2v) is 7.70. The SMILES string of the molecule is Cc1cc(C)c(NCCN(C)CCNc2c(C)cc(C)cc2C)c(C)c1.[Cl-].[Cl-].[Ni+2]. The van der Waals surface area contributed by atoms with E-state index in [0.717, 1.165) is 26.2 Å². The Morgan fingerprint density at radius 2 is 0.897 bits per heavy atom. The molecular formula is C23H35Cl2N3Ni. The first-order valence-electron chi connectivity index (χ1n) is 9.60. The summed E-state index contributed by atoms with van der Waals surface area (Å²) in [4.78, 5) is 2.37. The third-order valence-electron chi connectivity index (χ3n) is 4.94. The van der Waals surface area contributed by atoms with Crippen molar-refractivity contribution in [1.82, 2.24) is 4.90 Å². The van der Waals surface area contributed by atoms with Crippen LogP contribution in [0.3, 0.4) is 0 Å². The number of nitrogens with zero attached hydrogens (tertiary/aromatic N) is 1. The molecule has 0 aliphatic heterocycles. The molecule has 29 heavy (non-hydrogen) atoms. The number of hydrogen-bond donors (Lipinski definition) is 2. The van der Waals surface area contributed by atoms with E-state index in [9.17, 15) is 0 Å². The number of halogens is 2. The maximum absolute atomic E-state index is 3.61. The van der Waals surface area contributed by atoms with Gasteiger partial charge in [0.05, 0.1) is 0 Å². The molecule has 0 unspecified atom stereocenters. The molecule has 0 saturated carbocycles. The van der Waals surface area contributed by atoms with E-state index in [-0.39, 0.29) is 41.3 Å². The molecule has 0 saturated heterocycles. The van der Waals surface area contributed by atoms with E-state index in [4.69, 9.17) is 0 Å². The topological polar surface area (TPSA) is 27.3 Å². The third-order valence-corrected chi connectivity index (χ3v) is 4.94.